The van der Waals surface area contributed by atoms with Crippen LogP contribution < -0.4 is 0 Å². The molecular formula is C25H27ClN2O7. The highest BCUT2D eigenvalue weighted by Gasteiger charge is 2.41. The van der Waals surface area contributed by atoms with Crippen molar-refractivity contribution in [1.29, 1.82) is 0 Å². The fraction of sp³-hybridized carbons (Fsp3) is 0.360. The first-order valence-electron chi connectivity index (χ1n) is 11.0. The molecule has 0 N–H and O–H groups in total. The van der Waals surface area contributed by atoms with Gasteiger partial charge in [0.05, 0.1) is 18.1 Å². The zero-order chi connectivity index (χ0) is 25.6. The average Bonchev–Trinajstić information content (AvgIpc) is 3.37. The lowest BCUT2D eigenvalue weighted by atomic mass is 10.1. The minimum Gasteiger partial charge on any atom is -0.427 e. The summed E-state index contributed by atoms with van der Waals surface area (Å²) in [5.74, 6) is -2.43. The molecule has 9 nitrogen and oxygen atoms in total. The Morgan fingerprint density at radius 1 is 0.943 bits per heavy atom. The maximum absolute atomic E-state index is 13.5. The van der Waals surface area contributed by atoms with Crippen molar-refractivity contribution >= 4 is 35.5 Å². The van der Waals surface area contributed by atoms with Crippen LogP contribution in [0.1, 0.15) is 47.9 Å². The second-order valence-corrected chi connectivity index (χ2v) is 9.27. The first kappa shape index (κ1) is 26.2. The van der Waals surface area contributed by atoms with E-state index in [1.807, 2.05) is 0 Å². The molecule has 2 aromatic rings. The van der Waals surface area contributed by atoms with E-state index in [1.165, 1.54) is 24.3 Å². The molecule has 0 aliphatic carbocycles. The van der Waals surface area contributed by atoms with Gasteiger partial charge in [-0.1, -0.05) is 29.8 Å². The van der Waals surface area contributed by atoms with Gasteiger partial charge in [-0.2, -0.15) is 0 Å². The Morgan fingerprint density at radius 3 is 2.14 bits per heavy atom. The number of benzene rings is 2. The molecule has 1 aliphatic rings. The van der Waals surface area contributed by atoms with E-state index < -0.39 is 42.1 Å². The number of hydrazine groups is 1. The zero-order valence-corrected chi connectivity index (χ0v) is 20.5. The van der Waals surface area contributed by atoms with Gasteiger partial charge in [0.15, 0.2) is 0 Å². The molecule has 1 fully saturated rings. The number of nitrogens with zero attached hydrogens (tertiary/aromatic N) is 2. The maximum Gasteiger partial charge on any atom is 0.439 e. The topological polar surface area (TPSA) is 102 Å². The highest BCUT2D eigenvalue weighted by atomic mass is 35.5. The molecule has 3 amide bonds. The molecule has 0 saturated carbocycles. The van der Waals surface area contributed by atoms with Gasteiger partial charge in [-0.25, -0.2) is 9.80 Å². The van der Waals surface area contributed by atoms with Gasteiger partial charge < -0.3 is 14.2 Å². The van der Waals surface area contributed by atoms with Gasteiger partial charge in [0.25, 0.3) is 11.8 Å². The first-order chi connectivity index (χ1) is 16.6. The molecule has 1 saturated heterocycles. The van der Waals surface area contributed by atoms with E-state index in [0.717, 1.165) is 5.01 Å². The molecule has 1 atom stereocenters. The van der Waals surface area contributed by atoms with Crippen LogP contribution in [0.5, 0.6) is 0 Å². The molecule has 10 heteroatoms. The Labute approximate surface area is 208 Å². The average molecular weight is 503 g/mol. The van der Waals surface area contributed by atoms with Crippen molar-refractivity contribution in [3.63, 3.8) is 0 Å². The van der Waals surface area contributed by atoms with Gasteiger partial charge in [-0.05, 0) is 63.6 Å². The molecule has 0 bridgehead atoms. The fourth-order valence-corrected chi connectivity index (χ4v) is 3.53. The molecule has 0 radical (unpaired) electrons. The van der Waals surface area contributed by atoms with E-state index in [-0.39, 0.29) is 17.7 Å². The predicted octanol–water partition coefficient (Wildman–Crippen LogP) is 4.31. The molecule has 2 aromatic carbocycles. The van der Waals surface area contributed by atoms with Crippen LogP contribution in [-0.2, 0) is 19.0 Å². The molecule has 0 spiro atoms. The normalized spacial score (nSPS) is 15.3. The van der Waals surface area contributed by atoms with Crippen molar-refractivity contribution in [1.82, 2.24) is 10.0 Å². The van der Waals surface area contributed by atoms with Crippen LogP contribution in [0.15, 0.2) is 54.6 Å². The molecule has 1 aliphatic heterocycles. The van der Waals surface area contributed by atoms with Crippen LogP contribution in [0.4, 0.5) is 4.79 Å². The second kappa shape index (κ2) is 11.3. The molecule has 3 rings (SSSR count). The lowest BCUT2D eigenvalue weighted by Gasteiger charge is -2.41. The van der Waals surface area contributed by atoms with Crippen LogP contribution in [0.2, 0.25) is 5.02 Å². The van der Waals surface area contributed by atoms with E-state index in [4.69, 9.17) is 25.8 Å². The van der Waals surface area contributed by atoms with Crippen LogP contribution in [-0.4, -0.2) is 59.4 Å². The summed E-state index contributed by atoms with van der Waals surface area (Å²) in [6.45, 7) is 4.97. The van der Waals surface area contributed by atoms with E-state index in [2.05, 4.69) is 0 Å². The van der Waals surface area contributed by atoms with Gasteiger partial charge >= 0.3 is 12.1 Å². The lowest BCUT2D eigenvalue weighted by Crippen LogP contribution is -2.60. The highest BCUT2D eigenvalue weighted by Crippen LogP contribution is 2.24. The number of esters is 1. The standard InChI is InChI=1S/C25H27ClN2O7/c1-25(2,3)28(22(30)17-7-5-4-6-8-17)27(21(29)18-9-11-20(26)12-10-18)24(32)35-16-34-23(31)19-13-14-33-15-19/h4-12,19H,13-16H2,1-3H3. The molecule has 1 unspecified atom stereocenters. The summed E-state index contributed by atoms with van der Waals surface area (Å²) in [4.78, 5) is 52.3. The Kier molecular flexibility index (Phi) is 8.48. The lowest BCUT2D eigenvalue weighted by molar-refractivity contribution is -0.158. The minimum absolute atomic E-state index is 0.0987. The van der Waals surface area contributed by atoms with Crippen molar-refractivity contribution < 1.29 is 33.4 Å². The second-order valence-electron chi connectivity index (χ2n) is 8.83. The zero-order valence-electron chi connectivity index (χ0n) is 19.7. The summed E-state index contributed by atoms with van der Waals surface area (Å²) < 4.78 is 15.3. The smallest absolute Gasteiger partial charge is 0.427 e. The van der Waals surface area contributed by atoms with Gasteiger partial charge in [-0.15, -0.1) is 5.01 Å². The third-order valence-corrected chi connectivity index (χ3v) is 5.40. The van der Waals surface area contributed by atoms with Crippen molar-refractivity contribution in [2.75, 3.05) is 20.0 Å². The first-order valence-corrected chi connectivity index (χ1v) is 11.4. The number of carbonyl (C=O) groups excluding carboxylic acids is 4. The molecule has 186 valence electrons. The summed E-state index contributed by atoms with van der Waals surface area (Å²) in [6, 6.07) is 14.1. The van der Waals surface area contributed by atoms with Gasteiger partial charge in [0.2, 0.25) is 6.79 Å². The van der Waals surface area contributed by atoms with Crippen LogP contribution >= 0.6 is 11.6 Å². The van der Waals surface area contributed by atoms with Gasteiger partial charge in [-0.3, -0.25) is 14.4 Å². The predicted molar refractivity (Wildman–Crippen MR) is 126 cm³/mol. The SMILES string of the molecule is CC(C)(C)N(C(=O)c1ccccc1)N(C(=O)OCOC(=O)C1CCOC1)C(=O)c1ccc(Cl)cc1. The molecule has 0 aromatic heterocycles. The largest absolute Gasteiger partial charge is 0.439 e. The number of hydrogen-bond acceptors (Lipinski definition) is 7. The summed E-state index contributed by atoms with van der Waals surface area (Å²) in [7, 11) is 0. The molecular weight excluding hydrogens is 476 g/mol. The number of ether oxygens (including phenoxy) is 3. The summed E-state index contributed by atoms with van der Waals surface area (Å²) in [5, 5.41) is 2.03. The summed E-state index contributed by atoms with van der Waals surface area (Å²) >= 11 is 5.94. The summed E-state index contributed by atoms with van der Waals surface area (Å²) in [5.41, 5.74) is -0.662. The van der Waals surface area contributed by atoms with Crippen molar-refractivity contribution in [3.8, 4) is 0 Å². The quantitative estimate of drug-likeness (QED) is 0.341. The molecule has 1 heterocycles. The Hall–Kier alpha value is -3.43. The van der Waals surface area contributed by atoms with E-state index in [0.29, 0.717) is 23.1 Å². The Balaban J connectivity index is 1.89. The summed E-state index contributed by atoms with van der Waals surface area (Å²) in [6.07, 6.45) is -0.670. The minimum atomic E-state index is -1.18. The number of imide groups is 1. The maximum atomic E-state index is 13.5. The van der Waals surface area contributed by atoms with E-state index in [9.17, 15) is 19.2 Å². The van der Waals surface area contributed by atoms with Crippen LogP contribution in [0.3, 0.4) is 0 Å². The van der Waals surface area contributed by atoms with Crippen molar-refractivity contribution in [3.05, 3.63) is 70.7 Å². The third kappa shape index (κ3) is 6.58. The van der Waals surface area contributed by atoms with Gasteiger partial charge in [0, 0.05) is 22.8 Å². The third-order valence-electron chi connectivity index (χ3n) is 5.15. The number of carbonyl (C=O) groups is 4. The Morgan fingerprint density at radius 2 is 1.57 bits per heavy atom. The van der Waals surface area contributed by atoms with Gasteiger partial charge in [0.1, 0.15) is 0 Å². The fourth-order valence-electron chi connectivity index (χ4n) is 3.41. The number of halogens is 1. The molecule has 35 heavy (non-hydrogen) atoms. The number of amides is 3. The Bertz CT molecular complexity index is 1060. The monoisotopic (exact) mass is 502 g/mol. The van der Waals surface area contributed by atoms with Crippen molar-refractivity contribution in [2.45, 2.75) is 32.7 Å². The number of hydrogen-bond donors (Lipinski definition) is 0. The van der Waals surface area contributed by atoms with E-state index in [1.54, 1.807) is 51.1 Å². The van der Waals surface area contributed by atoms with E-state index >= 15 is 0 Å². The van der Waals surface area contributed by atoms with Crippen molar-refractivity contribution in [2.24, 2.45) is 5.92 Å². The van der Waals surface area contributed by atoms with Crippen LogP contribution in [0.25, 0.3) is 0 Å². The van der Waals surface area contributed by atoms with Crippen LogP contribution in [0, 0.1) is 5.92 Å². The highest BCUT2D eigenvalue weighted by molar-refractivity contribution is 6.30. The number of rotatable bonds is 5.